The number of piperidine rings is 1. The zero-order valence-electron chi connectivity index (χ0n) is 12.1. The number of hydrogen-bond donors (Lipinski definition) is 1. The molecule has 1 N–H and O–H groups in total. The number of nitro groups is 1. The number of carbonyl (C=O) groups is 2. The maximum absolute atomic E-state index is 12.2. The smallest absolute Gasteiger partial charge is 0.389 e. The Kier molecular flexibility index (Phi) is 5.08. The minimum atomic E-state index is -0.827. The maximum atomic E-state index is 12.2. The molecule has 9 heteroatoms. The second-order valence-electron chi connectivity index (χ2n) is 5.41. The SMILES string of the molecule is O=C(O)CCC1CCCN(C(=O)Cn2ccc([N+](=O)[O-])n2)C1. The molecule has 120 valence electrons. The Morgan fingerprint density at radius 2 is 2.27 bits per heavy atom. The summed E-state index contributed by atoms with van der Waals surface area (Å²) in [4.78, 5) is 34.5. The first-order valence-electron chi connectivity index (χ1n) is 7.13. The summed E-state index contributed by atoms with van der Waals surface area (Å²) in [7, 11) is 0. The number of rotatable bonds is 6. The molecule has 0 aromatic carbocycles. The van der Waals surface area contributed by atoms with Gasteiger partial charge in [0.1, 0.15) is 6.54 Å². The van der Waals surface area contributed by atoms with Gasteiger partial charge in [-0.25, -0.2) is 0 Å². The molecule has 9 nitrogen and oxygen atoms in total. The van der Waals surface area contributed by atoms with Crippen LogP contribution in [0, 0.1) is 16.0 Å². The highest BCUT2D eigenvalue weighted by Crippen LogP contribution is 2.21. The normalized spacial score (nSPS) is 18.2. The molecule has 1 unspecified atom stereocenters. The fourth-order valence-electron chi connectivity index (χ4n) is 2.63. The van der Waals surface area contributed by atoms with Gasteiger partial charge in [-0.15, -0.1) is 0 Å². The van der Waals surface area contributed by atoms with Crippen molar-refractivity contribution in [2.75, 3.05) is 13.1 Å². The Labute approximate surface area is 126 Å². The third-order valence-corrected chi connectivity index (χ3v) is 3.75. The van der Waals surface area contributed by atoms with Crippen molar-refractivity contribution in [2.24, 2.45) is 5.92 Å². The van der Waals surface area contributed by atoms with Gasteiger partial charge in [0, 0.05) is 19.5 Å². The Hall–Kier alpha value is -2.45. The van der Waals surface area contributed by atoms with Gasteiger partial charge in [-0.3, -0.25) is 9.59 Å². The molecule has 0 saturated carbocycles. The van der Waals surface area contributed by atoms with Crippen molar-refractivity contribution < 1.29 is 19.6 Å². The molecule has 1 aromatic heterocycles. The van der Waals surface area contributed by atoms with Gasteiger partial charge in [-0.05, 0) is 30.1 Å². The van der Waals surface area contributed by atoms with Crippen LogP contribution in [0.1, 0.15) is 25.7 Å². The molecule has 0 aliphatic carbocycles. The minimum absolute atomic E-state index is 0.0422. The van der Waals surface area contributed by atoms with E-state index in [0.717, 1.165) is 12.8 Å². The molecule has 1 amide bonds. The van der Waals surface area contributed by atoms with Crippen molar-refractivity contribution in [3.05, 3.63) is 22.4 Å². The quantitative estimate of drug-likeness (QED) is 0.615. The van der Waals surface area contributed by atoms with Crippen LogP contribution >= 0.6 is 0 Å². The third-order valence-electron chi connectivity index (χ3n) is 3.75. The molecular weight excluding hydrogens is 292 g/mol. The second kappa shape index (κ2) is 7.01. The largest absolute Gasteiger partial charge is 0.481 e. The van der Waals surface area contributed by atoms with Gasteiger partial charge in [-0.1, -0.05) is 0 Å². The Balaban J connectivity index is 1.88. The lowest BCUT2D eigenvalue weighted by atomic mass is 9.93. The van der Waals surface area contributed by atoms with Gasteiger partial charge < -0.3 is 20.1 Å². The summed E-state index contributed by atoms with van der Waals surface area (Å²) in [6.45, 7) is 1.13. The zero-order chi connectivity index (χ0) is 16.1. The maximum Gasteiger partial charge on any atom is 0.389 e. The van der Waals surface area contributed by atoms with Crippen LogP contribution < -0.4 is 0 Å². The van der Waals surface area contributed by atoms with Crippen molar-refractivity contribution >= 4 is 17.7 Å². The summed E-state index contributed by atoms with van der Waals surface area (Å²) >= 11 is 0. The van der Waals surface area contributed by atoms with Crippen LogP contribution in [0.5, 0.6) is 0 Å². The minimum Gasteiger partial charge on any atom is -0.481 e. The lowest BCUT2D eigenvalue weighted by molar-refractivity contribution is -0.389. The van der Waals surface area contributed by atoms with Crippen LogP contribution in [0.15, 0.2) is 12.3 Å². The number of likely N-dealkylation sites (tertiary alicyclic amines) is 1. The number of hydrogen-bond acceptors (Lipinski definition) is 5. The Bertz CT molecular complexity index is 571. The van der Waals surface area contributed by atoms with E-state index in [-0.39, 0.29) is 30.6 Å². The van der Waals surface area contributed by atoms with Crippen molar-refractivity contribution in [3.63, 3.8) is 0 Å². The third kappa shape index (κ3) is 4.27. The van der Waals surface area contributed by atoms with Crippen molar-refractivity contribution in [1.29, 1.82) is 0 Å². The van der Waals surface area contributed by atoms with Gasteiger partial charge in [0.05, 0.1) is 17.4 Å². The predicted molar refractivity (Wildman–Crippen MR) is 75.1 cm³/mol. The van der Waals surface area contributed by atoms with Crippen molar-refractivity contribution in [3.8, 4) is 0 Å². The molecule has 0 bridgehead atoms. The van der Waals surface area contributed by atoms with E-state index in [1.807, 2.05) is 0 Å². The first kappa shape index (κ1) is 15.9. The number of carboxylic acid groups (broad SMARTS) is 1. The fourth-order valence-corrected chi connectivity index (χ4v) is 2.63. The van der Waals surface area contributed by atoms with E-state index in [0.29, 0.717) is 19.5 Å². The van der Waals surface area contributed by atoms with Crippen LogP contribution in [-0.2, 0) is 16.1 Å². The highest BCUT2D eigenvalue weighted by atomic mass is 16.6. The lowest BCUT2D eigenvalue weighted by Gasteiger charge is -2.32. The zero-order valence-corrected chi connectivity index (χ0v) is 12.1. The number of aromatic nitrogens is 2. The summed E-state index contributed by atoms with van der Waals surface area (Å²) < 4.78 is 1.25. The van der Waals surface area contributed by atoms with Crippen LogP contribution in [0.3, 0.4) is 0 Å². The molecule has 1 atom stereocenters. The molecule has 1 aliphatic rings. The number of nitrogens with zero attached hydrogens (tertiary/aromatic N) is 4. The molecule has 22 heavy (non-hydrogen) atoms. The Morgan fingerprint density at radius 1 is 1.50 bits per heavy atom. The van der Waals surface area contributed by atoms with Crippen molar-refractivity contribution in [2.45, 2.75) is 32.2 Å². The topological polar surface area (TPSA) is 119 Å². The van der Waals surface area contributed by atoms with Gasteiger partial charge in [-0.2, -0.15) is 4.68 Å². The van der Waals surface area contributed by atoms with E-state index in [1.165, 1.54) is 16.9 Å². The molecule has 2 rings (SSSR count). The van der Waals surface area contributed by atoms with E-state index in [2.05, 4.69) is 5.10 Å². The average Bonchev–Trinajstić information content (AvgIpc) is 2.94. The molecular formula is C13H18N4O5. The first-order chi connectivity index (χ1) is 10.5. The number of aliphatic carboxylic acids is 1. The number of carboxylic acids is 1. The van der Waals surface area contributed by atoms with Gasteiger partial charge >= 0.3 is 11.8 Å². The summed E-state index contributed by atoms with van der Waals surface area (Å²) in [5.41, 5.74) is 0. The average molecular weight is 310 g/mol. The molecule has 2 heterocycles. The Morgan fingerprint density at radius 3 is 2.91 bits per heavy atom. The molecule has 1 saturated heterocycles. The van der Waals surface area contributed by atoms with E-state index in [4.69, 9.17) is 5.11 Å². The highest BCUT2D eigenvalue weighted by molar-refractivity contribution is 5.76. The van der Waals surface area contributed by atoms with Gasteiger partial charge in [0.25, 0.3) is 0 Å². The molecule has 0 spiro atoms. The number of carbonyl (C=O) groups excluding carboxylic acids is 1. The molecule has 0 radical (unpaired) electrons. The van der Waals surface area contributed by atoms with Crippen LogP contribution in [0.25, 0.3) is 0 Å². The highest BCUT2D eigenvalue weighted by Gasteiger charge is 2.25. The van der Waals surface area contributed by atoms with Crippen molar-refractivity contribution in [1.82, 2.24) is 14.7 Å². The van der Waals surface area contributed by atoms with E-state index in [1.54, 1.807) is 4.90 Å². The number of amides is 1. The van der Waals surface area contributed by atoms with E-state index < -0.39 is 10.9 Å². The van der Waals surface area contributed by atoms with Gasteiger partial charge in [0.15, 0.2) is 0 Å². The summed E-state index contributed by atoms with van der Waals surface area (Å²) in [6, 6.07) is 1.25. The first-order valence-corrected chi connectivity index (χ1v) is 7.13. The molecule has 1 fully saturated rings. The molecule has 1 aromatic rings. The van der Waals surface area contributed by atoms with Crippen LogP contribution in [0.2, 0.25) is 0 Å². The summed E-state index contributed by atoms with van der Waals surface area (Å²) in [5, 5.41) is 23.0. The molecule has 1 aliphatic heterocycles. The van der Waals surface area contributed by atoms with Crippen LogP contribution in [0.4, 0.5) is 5.82 Å². The standard InChI is InChI=1S/C13H18N4O5/c18-12(9-16-7-5-11(14-16)17(21)22)15-6-1-2-10(8-15)3-4-13(19)20/h5,7,10H,1-4,6,8-9H2,(H,19,20). The summed E-state index contributed by atoms with van der Waals surface area (Å²) in [6.07, 6.45) is 3.84. The van der Waals surface area contributed by atoms with Gasteiger partial charge in [0.2, 0.25) is 5.91 Å². The summed E-state index contributed by atoms with van der Waals surface area (Å²) in [5.74, 6) is -1.07. The monoisotopic (exact) mass is 310 g/mol. The second-order valence-corrected chi connectivity index (χ2v) is 5.41. The fraction of sp³-hybridized carbons (Fsp3) is 0.615. The van der Waals surface area contributed by atoms with E-state index >= 15 is 0 Å². The van der Waals surface area contributed by atoms with E-state index in [9.17, 15) is 19.7 Å². The van der Waals surface area contributed by atoms with Crippen LogP contribution in [-0.4, -0.2) is 49.7 Å². The predicted octanol–water partition coefficient (Wildman–Crippen LogP) is 0.895. The lowest BCUT2D eigenvalue weighted by Crippen LogP contribution is -2.41.